The first kappa shape index (κ1) is 19.8. The minimum absolute atomic E-state index is 0. The van der Waals surface area contributed by atoms with Crippen LogP contribution in [0.25, 0.3) is 0 Å². The summed E-state index contributed by atoms with van der Waals surface area (Å²) in [7, 11) is 0. The van der Waals surface area contributed by atoms with Gasteiger partial charge in [-0.15, -0.1) is 0 Å². The summed E-state index contributed by atoms with van der Waals surface area (Å²) in [6, 6.07) is 0. The van der Waals surface area contributed by atoms with Crippen molar-refractivity contribution in [1.29, 1.82) is 0 Å². The molecule has 1 fully saturated rings. The summed E-state index contributed by atoms with van der Waals surface area (Å²) >= 11 is 4.43. The van der Waals surface area contributed by atoms with Gasteiger partial charge in [0.05, 0.1) is 26.2 Å². The van der Waals surface area contributed by atoms with Gasteiger partial charge in [0.2, 0.25) is 0 Å². The van der Waals surface area contributed by atoms with Gasteiger partial charge in [0.15, 0.2) is 0 Å². The van der Waals surface area contributed by atoms with Gasteiger partial charge in [0, 0.05) is 18.6 Å². The fourth-order valence-corrected chi connectivity index (χ4v) is 3.68. The Morgan fingerprint density at radius 2 is 1.32 bits per heavy atom. The minimum Gasteiger partial charge on any atom is -1.00 e. The summed E-state index contributed by atoms with van der Waals surface area (Å²) in [6.45, 7) is 6.39. The van der Waals surface area contributed by atoms with Crippen LogP contribution in [0.5, 0.6) is 0 Å². The molecule has 4 heteroatoms. The molecule has 0 saturated carbocycles. The highest BCUT2D eigenvalue weighted by molar-refractivity contribution is 7.80. The van der Waals surface area contributed by atoms with Crippen LogP contribution in [0, 0.1) is 0 Å². The summed E-state index contributed by atoms with van der Waals surface area (Å²) in [4.78, 5) is 0. The zero-order valence-corrected chi connectivity index (χ0v) is 14.9. The molecule has 2 N–H and O–H groups in total. The Morgan fingerprint density at radius 1 is 0.789 bits per heavy atom. The first-order valence-electron chi connectivity index (χ1n) is 7.99. The molecule has 0 aromatic rings. The zero-order chi connectivity index (χ0) is 13.1. The van der Waals surface area contributed by atoms with E-state index >= 15 is 0 Å². The van der Waals surface area contributed by atoms with Gasteiger partial charge in [-0.25, -0.2) is 0 Å². The Bertz CT molecular complexity index is 197. The average Bonchev–Trinajstić information content (AvgIpc) is 2.82. The van der Waals surface area contributed by atoms with E-state index in [9.17, 15) is 0 Å². The van der Waals surface area contributed by atoms with E-state index < -0.39 is 0 Å². The highest BCUT2D eigenvalue weighted by atomic mass is 79.9. The number of halogens is 1. The second-order valence-electron chi connectivity index (χ2n) is 5.93. The highest BCUT2D eigenvalue weighted by Crippen LogP contribution is 2.21. The predicted molar refractivity (Wildman–Crippen MR) is 84.2 cm³/mol. The molecule has 0 unspecified atom stereocenters. The van der Waals surface area contributed by atoms with Crippen LogP contribution in [0.15, 0.2) is 0 Å². The quantitative estimate of drug-likeness (QED) is 0.310. The van der Waals surface area contributed by atoms with Gasteiger partial charge in [-0.1, -0.05) is 25.7 Å². The fraction of sp³-hybridized carbons (Fsp3) is 1.00. The van der Waals surface area contributed by atoms with Crippen LogP contribution in [0.3, 0.4) is 0 Å². The highest BCUT2D eigenvalue weighted by Gasteiger charge is 2.30. The Balaban J connectivity index is 0.00000324. The molecule has 0 radical (unpaired) electrons. The van der Waals surface area contributed by atoms with E-state index in [4.69, 9.17) is 5.73 Å². The molecule has 1 aliphatic heterocycles. The van der Waals surface area contributed by atoms with Gasteiger partial charge in [-0.3, -0.25) is 0 Å². The third-order valence-electron chi connectivity index (χ3n) is 4.43. The Labute approximate surface area is 136 Å². The summed E-state index contributed by atoms with van der Waals surface area (Å²) < 4.78 is 1.37. The Kier molecular flexibility index (Phi) is 13.0. The minimum atomic E-state index is 0. The number of nitrogens with two attached hydrogens (primary N) is 1. The number of likely N-dealkylation sites (tertiary alicyclic amines) is 1. The van der Waals surface area contributed by atoms with Gasteiger partial charge in [-0.2, -0.15) is 12.6 Å². The molecule has 1 saturated heterocycles. The lowest BCUT2D eigenvalue weighted by atomic mass is 10.1. The van der Waals surface area contributed by atoms with Gasteiger partial charge in [0.1, 0.15) is 0 Å². The van der Waals surface area contributed by atoms with Crippen LogP contribution < -0.4 is 22.7 Å². The van der Waals surface area contributed by atoms with Crippen LogP contribution in [0.1, 0.15) is 57.8 Å². The second kappa shape index (κ2) is 12.5. The molecule has 1 aliphatic rings. The molecular formula is C15H33BrN2S. The largest absolute Gasteiger partial charge is 1.00 e. The molecule has 0 amide bonds. The maximum Gasteiger partial charge on any atom is 0.0876 e. The lowest BCUT2D eigenvalue weighted by Crippen LogP contribution is -3.00. The lowest BCUT2D eigenvalue weighted by molar-refractivity contribution is -0.914. The normalized spacial score (nSPS) is 17.4. The van der Waals surface area contributed by atoms with Crippen LogP contribution in [0.4, 0.5) is 0 Å². The van der Waals surface area contributed by atoms with Gasteiger partial charge in [-0.05, 0) is 25.8 Å². The number of thiol groups is 1. The molecule has 19 heavy (non-hydrogen) atoms. The maximum atomic E-state index is 5.50. The van der Waals surface area contributed by atoms with E-state index in [-0.39, 0.29) is 17.0 Å². The fourth-order valence-electron chi connectivity index (χ4n) is 3.25. The lowest BCUT2D eigenvalue weighted by Gasteiger charge is -2.34. The number of rotatable bonds is 11. The zero-order valence-electron chi connectivity index (χ0n) is 12.5. The summed E-state index contributed by atoms with van der Waals surface area (Å²) in [5.74, 6) is 1.05. The van der Waals surface area contributed by atoms with E-state index in [0.717, 1.165) is 12.3 Å². The van der Waals surface area contributed by atoms with Crippen LogP contribution >= 0.6 is 12.6 Å². The van der Waals surface area contributed by atoms with Gasteiger partial charge < -0.3 is 27.2 Å². The van der Waals surface area contributed by atoms with Crippen molar-refractivity contribution in [1.82, 2.24) is 0 Å². The molecule has 0 spiro atoms. The molecule has 0 aromatic carbocycles. The van der Waals surface area contributed by atoms with Crippen molar-refractivity contribution >= 4 is 12.6 Å². The first-order valence-corrected chi connectivity index (χ1v) is 8.62. The Hall–Kier alpha value is 0.750. The van der Waals surface area contributed by atoms with Crippen LogP contribution in [-0.4, -0.2) is 43.0 Å². The number of unbranched alkanes of at least 4 members (excludes halogenated alkanes) is 6. The average molecular weight is 353 g/mol. The summed E-state index contributed by atoms with van der Waals surface area (Å²) in [6.07, 6.45) is 12.5. The number of hydrogen-bond donors (Lipinski definition) is 2. The standard InChI is InChI=1S/C15H32N2S.BrH/c16-10-6-4-2-1-3-5-7-11-17(14-15-18)12-8-9-13-17;/h1-16H2;1H. The molecular weight excluding hydrogens is 320 g/mol. The van der Waals surface area contributed by atoms with Crippen LogP contribution in [0.2, 0.25) is 0 Å². The van der Waals surface area contributed by atoms with E-state index in [0.29, 0.717) is 0 Å². The van der Waals surface area contributed by atoms with E-state index in [1.807, 2.05) is 0 Å². The van der Waals surface area contributed by atoms with Crippen molar-refractivity contribution in [3.05, 3.63) is 0 Å². The molecule has 2 nitrogen and oxygen atoms in total. The monoisotopic (exact) mass is 352 g/mol. The SMILES string of the molecule is NCCCCCCCCC[N+]1(CCS)CCCC1.[Br-]. The molecule has 1 heterocycles. The maximum absolute atomic E-state index is 5.50. The van der Waals surface area contributed by atoms with Gasteiger partial charge in [0.25, 0.3) is 0 Å². The van der Waals surface area contributed by atoms with Crippen molar-refractivity contribution in [2.75, 3.05) is 38.5 Å². The summed E-state index contributed by atoms with van der Waals surface area (Å²) in [5.41, 5.74) is 5.50. The molecule has 0 aromatic heterocycles. The molecule has 0 aliphatic carbocycles. The van der Waals surface area contributed by atoms with Crippen molar-refractivity contribution in [2.45, 2.75) is 57.8 Å². The van der Waals surface area contributed by atoms with E-state index in [2.05, 4.69) is 12.6 Å². The van der Waals surface area contributed by atoms with Gasteiger partial charge >= 0.3 is 0 Å². The molecule has 1 rings (SSSR count). The van der Waals surface area contributed by atoms with Crippen molar-refractivity contribution in [2.24, 2.45) is 5.73 Å². The van der Waals surface area contributed by atoms with E-state index in [1.165, 1.54) is 88.4 Å². The second-order valence-corrected chi connectivity index (χ2v) is 6.38. The molecule has 0 bridgehead atoms. The third-order valence-corrected chi connectivity index (χ3v) is 4.63. The first-order chi connectivity index (χ1) is 8.83. The van der Waals surface area contributed by atoms with Crippen LogP contribution in [-0.2, 0) is 0 Å². The third kappa shape index (κ3) is 8.59. The number of hydrogen-bond acceptors (Lipinski definition) is 2. The number of quaternary nitrogens is 1. The van der Waals surface area contributed by atoms with Crippen molar-refractivity contribution in [3.63, 3.8) is 0 Å². The predicted octanol–water partition coefficient (Wildman–Crippen LogP) is 0.220. The topological polar surface area (TPSA) is 26.0 Å². The molecule has 116 valence electrons. The smallest absolute Gasteiger partial charge is 0.0876 e. The van der Waals surface area contributed by atoms with Crippen molar-refractivity contribution < 1.29 is 21.5 Å². The van der Waals surface area contributed by atoms with Crippen molar-refractivity contribution in [3.8, 4) is 0 Å². The molecule has 0 atom stereocenters. The summed E-state index contributed by atoms with van der Waals surface area (Å²) in [5, 5.41) is 0. The number of nitrogens with zero attached hydrogens (tertiary/aromatic N) is 1. The Morgan fingerprint density at radius 3 is 1.84 bits per heavy atom. The van der Waals surface area contributed by atoms with E-state index in [1.54, 1.807) is 0 Å².